The van der Waals surface area contributed by atoms with Crippen LogP contribution in [0.5, 0.6) is 0 Å². The van der Waals surface area contributed by atoms with Gasteiger partial charge in [0.25, 0.3) is 0 Å². The van der Waals surface area contributed by atoms with Gasteiger partial charge < -0.3 is 5.32 Å². The molecular formula is C11H14N4O2S2. The average Bonchev–Trinajstić information content (AvgIpc) is 2.91. The minimum absolute atomic E-state index is 0.0596. The number of nitrogens with one attached hydrogen (secondary N) is 2. The first-order chi connectivity index (χ1) is 9.12. The maximum absolute atomic E-state index is 12.0. The third-order valence-electron chi connectivity index (χ3n) is 2.32. The lowest BCUT2D eigenvalue weighted by atomic mass is 10.4. The lowest BCUT2D eigenvalue weighted by Gasteiger charge is -2.06. The van der Waals surface area contributed by atoms with Crippen LogP contribution in [-0.2, 0) is 16.6 Å². The van der Waals surface area contributed by atoms with Crippen LogP contribution in [0.15, 0.2) is 34.1 Å². The van der Waals surface area contributed by atoms with Crippen molar-refractivity contribution in [3.05, 3.63) is 34.8 Å². The standard InChI is InChI=1S/C11H14N4O2S2/c1-2-12-11-13-6-10(7-14-11)19(16,17)15-5-9-3-4-18-8-9/h3-4,6-8,15H,2,5H2,1H3,(H,12,13,14). The molecule has 2 heterocycles. The molecule has 0 amide bonds. The molecule has 0 radical (unpaired) electrons. The molecule has 6 nitrogen and oxygen atoms in total. The first-order valence-corrected chi connectivity index (χ1v) is 8.11. The van der Waals surface area contributed by atoms with Gasteiger partial charge in [-0.15, -0.1) is 0 Å². The van der Waals surface area contributed by atoms with Crippen molar-refractivity contribution >= 4 is 27.3 Å². The molecule has 0 aliphatic heterocycles. The quantitative estimate of drug-likeness (QED) is 0.843. The van der Waals surface area contributed by atoms with Crippen LogP contribution < -0.4 is 10.0 Å². The predicted molar refractivity (Wildman–Crippen MR) is 74.5 cm³/mol. The summed E-state index contributed by atoms with van der Waals surface area (Å²) in [5.74, 6) is 0.416. The molecular weight excluding hydrogens is 284 g/mol. The summed E-state index contributed by atoms with van der Waals surface area (Å²) in [4.78, 5) is 7.94. The molecule has 0 unspecified atom stereocenters. The number of nitrogens with zero attached hydrogens (tertiary/aromatic N) is 2. The van der Waals surface area contributed by atoms with E-state index in [2.05, 4.69) is 20.0 Å². The molecule has 102 valence electrons. The van der Waals surface area contributed by atoms with Crippen molar-refractivity contribution in [2.75, 3.05) is 11.9 Å². The predicted octanol–water partition coefficient (Wildman–Crippen LogP) is 1.45. The molecule has 0 aromatic carbocycles. The normalized spacial score (nSPS) is 11.4. The minimum atomic E-state index is -3.57. The molecule has 0 spiro atoms. The molecule has 2 N–H and O–H groups in total. The van der Waals surface area contributed by atoms with Crippen LogP contribution in [0.4, 0.5) is 5.95 Å². The zero-order valence-corrected chi connectivity index (χ0v) is 12.0. The second-order valence-electron chi connectivity index (χ2n) is 3.73. The Morgan fingerprint density at radius 1 is 1.32 bits per heavy atom. The van der Waals surface area contributed by atoms with Gasteiger partial charge in [0, 0.05) is 13.1 Å². The molecule has 0 atom stereocenters. The summed E-state index contributed by atoms with van der Waals surface area (Å²) in [6.45, 7) is 2.86. The van der Waals surface area contributed by atoms with Gasteiger partial charge in [0.2, 0.25) is 16.0 Å². The highest BCUT2D eigenvalue weighted by molar-refractivity contribution is 7.89. The fraction of sp³-hybridized carbons (Fsp3) is 0.273. The van der Waals surface area contributed by atoms with E-state index in [1.807, 2.05) is 23.8 Å². The highest BCUT2D eigenvalue weighted by Gasteiger charge is 2.14. The highest BCUT2D eigenvalue weighted by Crippen LogP contribution is 2.10. The number of rotatable bonds is 6. The molecule has 0 fully saturated rings. The SMILES string of the molecule is CCNc1ncc(S(=O)(=O)NCc2ccsc2)cn1. The van der Waals surface area contributed by atoms with E-state index in [9.17, 15) is 8.42 Å². The van der Waals surface area contributed by atoms with Crippen LogP contribution in [-0.4, -0.2) is 24.9 Å². The molecule has 8 heteroatoms. The lowest BCUT2D eigenvalue weighted by molar-refractivity contribution is 0.580. The Hall–Kier alpha value is -1.51. The largest absolute Gasteiger partial charge is 0.355 e. The molecule has 2 aromatic heterocycles. The number of sulfonamides is 1. The van der Waals surface area contributed by atoms with E-state index >= 15 is 0 Å². The number of aromatic nitrogens is 2. The maximum Gasteiger partial charge on any atom is 0.243 e. The molecule has 19 heavy (non-hydrogen) atoms. The molecule has 2 aromatic rings. The summed E-state index contributed by atoms with van der Waals surface area (Å²) in [6, 6.07) is 1.87. The fourth-order valence-electron chi connectivity index (χ4n) is 1.36. The van der Waals surface area contributed by atoms with Gasteiger partial charge >= 0.3 is 0 Å². The van der Waals surface area contributed by atoms with Gasteiger partial charge in [0.1, 0.15) is 4.90 Å². The smallest absolute Gasteiger partial charge is 0.243 e. The van der Waals surface area contributed by atoms with Crippen LogP contribution in [0.25, 0.3) is 0 Å². The summed E-state index contributed by atoms with van der Waals surface area (Å²) < 4.78 is 26.5. The van der Waals surface area contributed by atoms with Crippen molar-refractivity contribution in [2.24, 2.45) is 0 Å². The van der Waals surface area contributed by atoms with Crippen molar-refractivity contribution in [3.8, 4) is 0 Å². The summed E-state index contributed by atoms with van der Waals surface area (Å²) in [5.41, 5.74) is 0.929. The van der Waals surface area contributed by atoms with Crippen molar-refractivity contribution in [1.82, 2.24) is 14.7 Å². The van der Waals surface area contributed by atoms with Gasteiger partial charge in [0.05, 0.1) is 12.4 Å². The van der Waals surface area contributed by atoms with E-state index in [4.69, 9.17) is 0 Å². The number of hydrogen-bond donors (Lipinski definition) is 2. The second-order valence-corrected chi connectivity index (χ2v) is 6.28. The Kier molecular flexibility index (Phi) is 4.46. The van der Waals surface area contributed by atoms with Crippen LogP contribution in [0.1, 0.15) is 12.5 Å². The average molecular weight is 298 g/mol. The van der Waals surface area contributed by atoms with Gasteiger partial charge in [-0.25, -0.2) is 23.1 Å². The fourth-order valence-corrected chi connectivity index (χ4v) is 2.93. The van der Waals surface area contributed by atoms with Gasteiger partial charge in [-0.3, -0.25) is 0 Å². The summed E-state index contributed by atoms with van der Waals surface area (Å²) in [6.07, 6.45) is 2.59. The van der Waals surface area contributed by atoms with Crippen LogP contribution in [0, 0.1) is 0 Å². The maximum atomic E-state index is 12.0. The van der Waals surface area contributed by atoms with Gasteiger partial charge in [-0.1, -0.05) is 0 Å². The Bertz CT molecular complexity index is 609. The van der Waals surface area contributed by atoms with E-state index in [0.717, 1.165) is 5.56 Å². The number of hydrogen-bond acceptors (Lipinski definition) is 6. The Morgan fingerprint density at radius 3 is 2.63 bits per heavy atom. The second kappa shape index (κ2) is 6.09. The molecule has 0 saturated carbocycles. The first-order valence-electron chi connectivity index (χ1n) is 5.68. The lowest BCUT2D eigenvalue weighted by Crippen LogP contribution is -2.23. The zero-order chi connectivity index (χ0) is 13.7. The van der Waals surface area contributed by atoms with Crippen molar-refractivity contribution < 1.29 is 8.42 Å². The van der Waals surface area contributed by atoms with E-state index in [0.29, 0.717) is 12.5 Å². The third-order valence-corrected chi connectivity index (χ3v) is 4.41. The molecule has 0 bridgehead atoms. The Morgan fingerprint density at radius 2 is 2.05 bits per heavy atom. The van der Waals surface area contributed by atoms with Gasteiger partial charge in [0.15, 0.2) is 0 Å². The molecule has 0 saturated heterocycles. The van der Waals surface area contributed by atoms with Gasteiger partial charge in [-0.05, 0) is 29.3 Å². The topological polar surface area (TPSA) is 84.0 Å². The van der Waals surface area contributed by atoms with E-state index in [1.54, 1.807) is 0 Å². The summed E-state index contributed by atoms with van der Waals surface area (Å²) in [7, 11) is -3.57. The van der Waals surface area contributed by atoms with E-state index in [1.165, 1.54) is 23.7 Å². The van der Waals surface area contributed by atoms with Crippen LogP contribution in [0.3, 0.4) is 0 Å². The minimum Gasteiger partial charge on any atom is -0.355 e. The van der Waals surface area contributed by atoms with Gasteiger partial charge in [-0.2, -0.15) is 11.3 Å². The summed E-state index contributed by atoms with van der Waals surface area (Å²) in [5, 5.41) is 6.70. The van der Waals surface area contributed by atoms with E-state index in [-0.39, 0.29) is 11.4 Å². The van der Waals surface area contributed by atoms with Crippen LogP contribution in [0.2, 0.25) is 0 Å². The van der Waals surface area contributed by atoms with E-state index < -0.39 is 10.0 Å². The Labute approximate surface area is 116 Å². The van der Waals surface area contributed by atoms with Crippen molar-refractivity contribution in [2.45, 2.75) is 18.4 Å². The first kappa shape index (κ1) is 13.9. The number of thiophene rings is 1. The molecule has 2 rings (SSSR count). The third kappa shape index (κ3) is 3.72. The van der Waals surface area contributed by atoms with Crippen molar-refractivity contribution in [3.63, 3.8) is 0 Å². The molecule has 0 aliphatic carbocycles. The zero-order valence-electron chi connectivity index (χ0n) is 10.3. The molecule has 0 aliphatic rings. The monoisotopic (exact) mass is 298 g/mol. The highest BCUT2D eigenvalue weighted by atomic mass is 32.2. The summed E-state index contributed by atoms with van der Waals surface area (Å²) >= 11 is 1.53. The van der Waals surface area contributed by atoms with Crippen LogP contribution >= 0.6 is 11.3 Å². The number of anilines is 1. The Balaban J connectivity index is 2.06. The van der Waals surface area contributed by atoms with Crippen molar-refractivity contribution in [1.29, 1.82) is 0 Å².